The van der Waals surface area contributed by atoms with E-state index < -0.39 is 5.97 Å². The molecule has 0 aromatic carbocycles. The van der Waals surface area contributed by atoms with Crippen LogP contribution in [0.15, 0.2) is 12.3 Å². The highest BCUT2D eigenvalue weighted by Gasteiger charge is 1.97. The molecule has 0 amide bonds. The van der Waals surface area contributed by atoms with Crippen LogP contribution in [0, 0.1) is 0 Å². The van der Waals surface area contributed by atoms with E-state index in [2.05, 4.69) is 11.5 Å². The first-order valence-corrected chi connectivity index (χ1v) is 4.88. The molecule has 0 aliphatic heterocycles. The van der Waals surface area contributed by atoms with Gasteiger partial charge in [0, 0.05) is 12.8 Å². The summed E-state index contributed by atoms with van der Waals surface area (Å²) in [6.07, 6.45) is 5.56. The maximum atomic E-state index is 10.2. The number of carbonyl (C=O) groups is 1. The van der Waals surface area contributed by atoms with Crippen molar-refractivity contribution in [2.24, 2.45) is 0 Å². The fraction of sp³-hybridized carbons (Fsp3) is 0.700. The predicted octanol–water partition coefficient (Wildman–Crippen LogP) is 2.80. The molecule has 0 heterocycles. The zero-order valence-electron chi connectivity index (χ0n) is 8.37. The van der Waals surface area contributed by atoms with Crippen molar-refractivity contribution in [1.29, 1.82) is 0 Å². The third kappa shape index (κ3) is 9.06. The fourth-order valence-corrected chi connectivity index (χ4v) is 1.17. The van der Waals surface area contributed by atoms with Crippen molar-refractivity contribution in [1.82, 2.24) is 0 Å². The van der Waals surface area contributed by atoms with Gasteiger partial charge in [-0.05, 0) is 12.8 Å². The summed E-state index contributed by atoms with van der Waals surface area (Å²) < 4.78 is 0. The molecular weight excluding hydrogens is 184 g/mol. The number of hydrogen-bond acceptors (Lipinski definition) is 3. The Morgan fingerprint density at radius 3 is 2.07 bits per heavy atom. The van der Waals surface area contributed by atoms with E-state index in [0.717, 1.165) is 32.1 Å². The Bertz CT molecular complexity index is 177. The molecule has 0 saturated carbocycles. The van der Waals surface area contributed by atoms with Gasteiger partial charge in [-0.2, -0.15) is 0 Å². The summed E-state index contributed by atoms with van der Waals surface area (Å²) >= 11 is 0. The van der Waals surface area contributed by atoms with Crippen molar-refractivity contribution >= 4 is 5.97 Å². The van der Waals surface area contributed by atoms with Crippen LogP contribution in [-0.4, -0.2) is 16.3 Å². The van der Waals surface area contributed by atoms with E-state index in [0.29, 0.717) is 12.2 Å². The molecule has 0 aromatic heterocycles. The van der Waals surface area contributed by atoms with Crippen LogP contribution in [0.4, 0.5) is 0 Å². The van der Waals surface area contributed by atoms with Crippen molar-refractivity contribution in [3.8, 4) is 0 Å². The molecule has 82 valence electrons. The van der Waals surface area contributed by atoms with Gasteiger partial charge in [-0.15, -0.1) is 0 Å². The summed E-state index contributed by atoms with van der Waals surface area (Å²) in [5, 5.41) is 16.5. The Morgan fingerprint density at radius 1 is 1.07 bits per heavy atom. The van der Waals surface area contributed by atoms with E-state index in [9.17, 15) is 4.79 Å². The smallest absolute Gasteiger partial charge is 0.303 e. The lowest BCUT2D eigenvalue weighted by molar-refractivity contribution is -0.205. The van der Waals surface area contributed by atoms with Crippen LogP contribution in [-0.2, 0) is 9.68 Å². The molecule has 0 aromatic rings. The number of carboxylic acids is 1. The molecule has 4 nitrogen and oxygen atoms in total. The highest BCUT2D eigenvalue weighted by Crippen LogP contribution is 2.10. The largest absolute Gasteiger partial charge is 0.481 e. The van der Waals surface area contributed by atoms with Crippen LogP contribution in [0.2, 0.25) is 0 Å². The molecular formula is C10H18O4. The first-order chi connectivity index (χ1) is 6.66. The molecule has 0 radical (unpaired) electrons. The summed E-state index contributed by atoms with van der Waals surface area (Å²) in [5.41, 5.74) is 0. The number of rotatable bonds is 9. The average molecular weight is 202 g/mol. The van der Waals surface area contributed by atoms with Crippen LogP contribution in [0.5, 0.6) is 0 Å². The number of aliphatic carboxylic acids is 1. The Morgan fingerprint density at radius 2 is 1.57 bits per heavy atom. The molecule has 0 aliphatic rings. The van der Waals surface area contributed by atoms with Gasteiger partial charge in [0.15, 0.2) is 0 Å². The standard InChI is InChI=1S/C10H18O4/c1-9(14-13)7-5-3-2-4-6-8-10(11)12/h13H,1-8H2,(H,11,12). The number of hydrogen-bond donors (Lipinski definition) is 2. The van der Waals surface area contributed by atoms with E-state index in [4.69, 9.17) is 10.4 Å². The van der Waals surface area contributed by atoms with Gasteiger partial charge in [0.05, 0.1) is 0 Å². The molecule has 0 rings (SSSR count). The second-order valence-corrected chi connectivity index (χ2v) is 3.29. The van der Waals surface area contributed by atoms with Crippen LogP contribution in [0.25, 0.3) is 0 Å². The van der Waals surface area contributed by atoms with Gasteiger partial charge >= 0.3 is 5.97 Å². The molecule has 4 heteroatoms. The van der Waals surface area contributed by atoms with Gasteiger partial charge in [0.2, 0.25) is 0 Å². The topological polar surface area (TPSA) is 66.8 Å². The SMILES string of the molecule is C=C(CCCCCCCC(=O)O)OO. The molecule has 0 spiro atoms. The normalized spacial score (nSPS) is 9.79. The highest BCUT2D eigenvalue weighted by molar-refractivity contribution is 5.66. The van der Waals surface area contributed by atoms with E-state index in [-0.39, 0.29) is 6.42 Å². The first-order valence-electron chi connectivity index (χ1n) is 4.88. The molecule has 0 bridgehead atoms. The van der Waals surface area contributed by atoms with Gasteiger partial charge in [-0.25, -0.2) is 5.26 Å². The fourth-order valence-electron chi connectivity index (χ4n) is 1.17. The minimum atomic E-state index is -0.730. The second-order valence-electron chi connectivity index (χ2n) is 3.29. The van der Waals surface area contributed by atoms with Crippen molar-refractivity contribution < 1.29 is 20.0 Å². The monoisotopic (exact) mass is 202 g/mol. The Balaban J connectivity index is 3.06. The predicted molar refractivity (Wildman–Crippen MR) is 52.8 cm³/mol. The first kappa shape index (κ1) is 13.0. The van der Waals surface area contributed by atoms with E-state index >= 15 is 0 Å². The third-order valence-corrected chi connectivity index (χ3v) is 1.98. The van der Waals surface area contributed by atoms with E-state index in [1.165, 1.54) is 0 Å². The van der Waals surface area contributed by atoms with E-state index in [1.54, 1.807) is 0 Å². The average Bonchev–Trinajstić information content (AvgIpc) is 2.15. The summed E-state index contributed by atoms with van der Waals surface area (Å²) in [6, 6.07) is 0. The summed E-state index contributed by atoms with van der Waals surface area (Å²) in [7, 11) is 0. The van der Waals surface area contributed by atoms with Gasteiger partial charge < -0.3 is 9.99 Å². The third-order valence-electron chi connectivity index (χ3n) is 1.98. The van der Waals surface area contributed by atoms with Gasteiger partial charge in [0.25, 0.3) is 0 Å². The molecule has 0 saturated heterocycles. The van der Waals surface area contributed by atoms with Crippen LogP contribution in [0.1, 0.15) is 44.9 Å². The van der Waals surface area contributed by atoms with Gasteiger partial charge in [0.1, 0.15) is 5.76 Å². The molecule has 0 unspecified atom stereocenters. The summed E-state index contributed by atoms with van der Waals surface area (Å²) in [5.74, 6) is -0.345. The van der Waals surface area contributed by atoms with E-state index in [1.807, 2.05) is 0 Å². The van der Waals surface area contributed by atoms with Crippen molar-refractivity contribution in [2.45, 2.75) is 44.9 Å². The Hall–Kier alpha value is -1.03. The minimum Gasteiger partial charge on any atom is -0.481 e. The molecule has 2 N–H and O–H groups in total. The lowest BCUT2D eigenvalue weighted by atomic mass is 10.1. The molecule has 0 fully saturated rings. The van der Waals surface area contributed by atoms with Crippen molar-refractivity contribution in [2.75, 3.05) is 0 Å². The maximum absolute atomic E-state index is 10.2. The van der Waals surface area contributed by atoms with Crippen LogP contribution in [0.3, 0.4) is 0 Å². The zero-order chi connectivity index (χ0) is 10.8. The lowest BCUT2D eigenvalue weighted by Crippen LogP contribution is -1.93. The summed E-state index contributed by atoms with van der Waals surface area (Å²) in [4.78, 5) is 14.1. The van der Waals surface area contributed by atoms with Crippen molar-refractivity contribution in [3.63, 3.8) is 0 Å². The number of unbranched alkanes of at least 4 members (excludes halogenated alkanes) is 4. The maximum Gasteiger partial charge on any atom is 0.303 e. The molecule has 0 aliphatic carbocycles. The quantitative estimate of drug-likeness (QED) is 0.261. The molecule has 0 atom stereocenters. The number of carboxylic acid groups (broad SMARTS) is 1. The van der Waals surface area contributed by atoms with Crippen LogP contribution < -0.4 is 0 Å². The summed E-state index contributed by atoms with van der Waals surface area (Å²) in [6.45, 7) is 3.48. The Labute approximate surface area is 84.1 Å². The van der Waals surface area contributed by atoms with Gasteiger partial charge in [-0.3, -0.25) is 4.79 Å². The van der Waals surface area contributed by atoms with Crippen molar-refractivity contribution in [3.05, 3.63) is 12.3 Å². The molecule has 14 heavy (non-hydrogen) atoms. The zero-order valence-corrected chi connectivity index (χ0v) is 8.37. The number of allylic oxidation sites excluding steroid dienone is 1. The minimum absolute atomic E-state index is 0.256. The highest BCUT2D eigenvalue weighted by atomic mass is 17.1. The second kappa shape index (κ2) is 8.56. The van der Waals surface area contributed by atoms with Gasteiger partial charge in [-0.1, -0.05) is 25.8 Å². The Kier molecular flexibility index (Phi) is 7.93. The lowest BCUT2D eigenvalue weighted by Gasteiger charge is -2.01. The van der Waals surface area contributed by atoms with Crippen LogP contribution >= 0.6 is 0 Å².